The Kier molecular flexibility index (Phi) is 12.7. The summed E-state index contributed by atoms with van der Waals surface area (Å²) in [5, 5.41) is 11.0. The third-order valence-electron chi connectivity index (χ3n) is 12.0. The quantitative estimate of drug-likeness (QED) is 0.129. The van der Waals surface area contributed by atoms with Gasteiger partial charge in [0.25, 0.3) is 11.8 Å². The highest BCUT2D eigenvalue weighted by atomic mass is 32.1. The molecule has 2 aromatic heterocycles. The zero-order chi connectivity index (χ0) is 41.9. The Hall–Kier alpha value is -4.38. The van der Waals surface area contributed by atoms with Gasteiger partial charge >= 0.3 is 18.3 Å². The van der Waals surface area contributed by atoms with Crippen molar-refractivity contribution >= 4 is 29.1 Å². The number of nitrogens with two attached hydrogens (primary N) is 1. The topological polar surface area (TPSA) is 135 Å². The molecule has 3 aliphatic rings. The third-order valence-corrected chi connectivity index (χ3v) is 12.9. The Morgan fingerprint density at radius 1 is 0.966 bits per heavy atom. The summed E-state index contributed by atoms with van der Waals surface area (Å²) in [7, 11) is 0. The van der Waals surface area contributed by atoms with Gasteiger partial charge in [-0.05, 0) is 63.5 Å². The molecule has 0 bridgehead atoms. The second-order valence-electron chi connectivity index (χ2n) is 15.7. The summed E-state index contributed by atoms with van der Waals surface area (Å²) in [4.78, 5) is 46.7. The highest BCUT2D eigenvalue weighted by Crippen LogP contribution is 2.45. The van der Waals surface area contributed by atoms with Gasteiger partial charge in [0, 0.05) is 61.0 Å². The van der Waals surface area contributed by atoms with E-state index >= 15 is 4.79 Å². The minimum atomic E-state index is -4.89. The van der Waals surface area contributed by atoms with Crippen molar-refractivity contribution < 1.29 is 55.3 Å². The van der Waals surface area contributed by atoms with Crippen LogP contribution in [0.15, 0.2) is 54.2 Å². The molecular formula is C41H48F6N4O6S. The van der Waals surface area contributed by atoms with Crippen molar-refractivity contribution in [3.05, 3.63) is 75.7 Å². The first-order chi connectivity index (χ1) is 27.4. The SMILES string of the molecule is CCC[C@H]1N(C(=O)c2cnccc2C(F)(F)F)CCC[C@@]1(Oc1csc(C(F)(F)F)c1)C(=O)N1CCC(N)(c2ccccc2OCCCC2(C(=O)O)CCCC2)CC1. The molecule has 10 nitrogen and oxygen atoms in total. The average Bonchev–Trinajstić information content (AvgIpc) is 3.88. The number of benzene rings is 1. The number of pyridine rings is 1. The second kappa shape index (κ2) is 17.1. The molecule has 4 heterocycles. The standard InChI is InChI=1S/C41H48F6N4O6S/c1-2-9-32-39(57-27-24-33(58-26-27)41(45,46)47,16-7-20-51(32)34(52)28-25-49-19-12-29(28)40(42,43)44)35(53)50-21-17-38(48,18-22-50)30-10-3-4-11-31(30)56-23-8-15-37(36(54)55)13-5-6-14-37/h3-4,10-12,19,24-26,32H,2,5-9,13-18,20-23,48H2,1H3,(H,54,55)/t32-,39+/m1/s1. The van der Waals surface area contributed by atoms with E-state index in [0.717, 1.165) is 36.7 Å². The van der Waals surface area contributed by atoms with Crippen LogP contribution in [0.1, 0.15) is 110 Å². The number of piperidine rings is 2. The van der Waals surface area contributed by atoms with E-state index in [4.69, 9.17) is 15.2 Å². The largest absolute Gasteiger partial charge is 0.493 e. The summed E-state index contributed by atoms with van der Waals surface area (Å²) in [5.74, 6) is -2.10. The summed E-state index contributed by atoms with van der Waals surface area (Å²) in [6.45, 7) is 2.22. The maximum atomic E-state index is 15.0. The number of para-hydroxylation sites is 1. The van der Waals surface area contributed by atoms with Gasteiger partial charge in [0.2, 0.25) is 5.60 Å². The molecule has 58 heavy (non-hydrogen) atoms. The van der Waals surface area contributed by atoms with E-state index < -0.39 is 68.7 Å². The number of carbonyl (C=O) groups is 3. The number of rotatable bonds is 13. The normalized spacial score (nSPS) is 22.1. The number of hydrogen-bond donors (Lipinski definition) is 2. The predicted octanol–water partition coefficient (Wildman–Crippen LogP) is 8.68. The zero-order valence-electron chi connectivity index (χ0n) is 32.2. The molecule has 0 spiro atoms. The van der Waals surface area contributed by atoms with Crippen LogP contribution in [0, 0.1) is 5.41 Å². The summed E-state index contributed by atoms with van der Waals surface area (Å²) in [6.07, 6.45) is -2.67. The minimum Gasteiger partial charge on any atom is -0.493 e. The van der Waals surface area contributed by atoms with Gasteiger partial charge in [-0.15, -0.1) is 11.3 Å². The van der Waals surface area contributed by atoms with Crippen LogP contribution in [0.5, 0.6) is 11.5 Å². The number of thiophene rings is 1. The fraction of sp³-hybridized carbons (Fsp3) is 0.561. The van der Waals surface area contributed by atoms with Crippen molar-refractivity contribution in [2.75, 3.05) is 26.2 Å². The number of alkyl halides is 6. The van der Waals surface area contributed by atoms with Crippen molar-refractivity contribution in [2.45, 2.75) is 114 Å². The number of carbonyl (C=O) groups excluding carboxylic acids is 2. The minimum absolute atomic E-state index is 0.0131. The molecule has 2 saturated heterocycles. The number of nitrogens with zero attached hydrogens (tertiary/aromatic N) is 3. The van der Waals surface area contributed by atoms with Gasteiger partial charge in [-0.2, -0.15) is 26.3 Å². The molecular weight excluding hydrogens is 791 g/mol. The number of ether oxygens (including phenoxy) is 2. The van der Waals surface area contributed by atoms with E-state index in [1.54, 1.807) is 19.1 Å². The van der Waals surface area contributed by atoms with Crippen molar-refractivity contribution in [3.8, 4) is 11.5 Å². The highest BCUT2D eigenvalue weighted by molar-refractivity contribution is 7.10. The van der Waals surface area contributed by atoms with Crippen LogP contribution in [0.25, 0.3) is 0 Å². The molecule has 2 amide bonds. The number of aromatic nitrogens is 1. The fourth-order valence-electron chi connectivity index (χ4n) is 8.97. The number of amides is 2. The van der Waals surface area contributed by atoms with E-state index in [2.05, 4.69) is 4.98 Å². The van der Waals surface area contributed by atoms with Crippen molar-refractivity contribution in [3.63, 3.8) is 0 Å². The molecule has 6 rings (SSSR count). The van der Waals surface area contributed by atoms with Gasteiger partial charge in [-0.25, -0.2) is 0 Å². The van der Waals surface area contributed by atoms with E-state index in [-0.39, 0.29) is 64.1 Å². The first-order valence-electron chi connectivity index (χ1n) is 19.6. The molecule has 3 fully saturated rings. The lowest BCUT2D eigenvalue weighted by Crippen LogP contribution is -2.69. The molecule has 3 N–H and O–H groups in total. The van der Waals surface area contributed by atoms with Crippen LogP contribution in [-0.2, 0) is 27.5 Å². The van der Waals surface area contributed by atoms with Gasteiger partial charge in [0.1, 0.15) is 16.4 Å². The Balaban J connectivity index is 1.26. The molecule has 3 aromatic rings. The van der Waals surface area contributed by atoms with Crippen LogP contribution >= 0.6 is 11.3 Å². The molecule has 0 unspecified atom stereocenters. The van der Waals surface area contributed by atoms with Gasteiger partial charge < -0.3 is 30.1 Å². The molecule has 316 valence electrons. The van der Waals surface area contributed by atoms with Crippen LogP contribution in [-0.4, -0.2) is 75.6 Å². The number of carboxylic acid groups (broad SMARTS) is 1. The smallest absolute Gasteiger partial charge is 0.425 e. The number of hydrogen-bond acceptors (Lipinski definition) is 8. The van der Waals surface area contributed by atoms with Crippen molar-refractivity contribution in [1.29, 1.82) is 0 Å². The zero-order valence-corrected chi connectivity index (χ0v) is 33.0. The summed E-state index contributed by atoms with van der Waals surface area (Å²) >= 11 is 0.384. The Morgan fingerprint density at radius 2 is 1.67 bits per heavy atom. The summed E-state index contributed by atoms with van der Waals surface area (Å²) in [5.41, 5.74) is 2.21. The van der Waals surface area contributed by atoms with Crippen LogP contribution in [0.2, 0.25) is 0 Å². The lowest BCUT2D eigenvalue weighted by atomic mass is 9.77. The molecule has 2 atom stereocenters. The van der Waals surface area contributed by atoms with Gasteiger partial charge in [0.15, 0.2) is 0 Å². The average molecular weight is 839 g/mol. The van der Waals surface area contributed by atoms with Crippen LogP contribution in [0.4, 0.5) is 26.3 Å². The van der Waals surface area contributed by atoms with E-state index in [1.165, 1.54) is 9.80 Å². The number of carboxylic acids is 1. The maximum Gasteiger partial charge on any atom is 0.425 e. The Bertz CT molecular complexity index is 1940. The molecule has 1 saturated carbocycles. The summed E-state index contributed by atoms with van der Waals surface area (Å²) in [6, 6.07) is 7.60. The third kappa shape index (κ3) is 8.80. The monoisotopic (exact) mass is 838 g/mol. The fourth-order valence-corrected chi connectivity index (χ4v) is 9.64. The number of likely N-dealkylation sites (tertiary alicyclic amines) is 2. The molecule has 1 aliphatic carbocycles. The summed E-state index contributed by atoms with van der Waals surface area (Å²) < 4.78 is 96.1. The highest BCUT2D eigenvalue weighted by Gasteiger charge is 2.56. The van der Waals surface area contributed by atoms with E-state index in [1.807, 2.05) is 12.1 Å². The lowest BCUT2D eigenvalue weighted by molar-refractivity contribution is -0.161. The van der Waals surface area contributed by atoms with Gasteiger partial charge in [-0.3, -0.25) is 19.4 Å². The second-order valence-corrected chi connectivity index (χ2v) is 16.6. The number of halogens is 6. The van der Waals surface area contributed by atoms with Crippen molar-refractivity contribution in [2.24, 2.45) is 11.1 Å². The Labute approximate surface area is 336 Å². The molecule has 17 heteroatoms. The first-order valence-corrected chi connectivity index (χ1v) is 20.5. The van der Waals surface area contributed by atoms with Gasteiger partial charge in [-0.1, -0.05) is 44.4 Å². The van der Waals surface area contributed by atoms with Gasteiger partial charge in [0.05, 0.1) is 29.2 Å². The molecule has 0 radical (unpaired) electrons. The molecule has 1 aromatic carbocycles. The van der Waals surface area contributed by atoms with Crippen molar-refractivity contribution in [1.82, 2.24) is 14.8 Å². The van der Waals surface area contributed by atoms with E-state index in [0.29, 0.717) is 60.8 Å². The van der Waals surface area contributed by atoms with Crippen LogP contribution < -0.4 is 15.2 Å². The Morgan fingerprint density at radius 3 is 2.31 bits per heavy atom. The molecule has 2 aliphatic heterocycles. The van der Waals surface area contributed by atoms with E-state index in [9.17, 15) is 41.0 Å². The van der Waals surface area contributed by atoms with Crippen LogP contribution in [0.3, 0.4) is 0 Å². The lowest BCUT2D eigenvalue weighted by Gasteiger charge is -2.51. The first kappa shape index (κ1) is 43.2. The predicted molar refractivity (Wildman–Crippen MR) is 202 cm³/mol. The maximum absolute atomic E-state index is 15.0. The number of aliphatic carboxylic acids is 1.